The molecule has 2 nitrogen and oxygen atoms in total. The minimum Gasteiger partial charge on any atom is -0.466 e. The largest absolute Gasteiger partial charge is 0.466 e. The molecule has 1 aromatic rings. The van der Waals surface area contributed by atoms with Crippen LogP contribution in [-0.2, 0) is 14.9 Å². The number of hydrogen-bond donors (Lipinski definition) is 0. The lowest BCUT2D eigenvalue weighted by Gasteiger charge is -2.39. The summed E-state index contributed by atoms with van der Waals surface area (Å²) in [7, 11) is 0. The van der Waals surface area contributed by atoms with Gasteiger partial charge in [0, 0.05) is 5.41 Å². The SMILES string of the molecule is CCOC(=O)[C@]1(C)CCC[C@]1(C)c1ccc(C)cc1. The van der Waals surface area contributed by atoms with Gasteiger partial charge < -0.3 is 4.74 Å². The van der Waals surface area contributed by atoms with Crippen LogP contribution in [0.4, 0.5) is 0 Å². The maximum absolute atomic E-state index is 12.4. The third-order valence-electron chi connectivity index (χ3n) is 4.99. The minimum absolute atomic E-state index is 0.0458. The van der Waals surface area contributed by atoms with Gasteiger partial charge in [0.15, 0.2) is 0 Å². The third-order valence-corrected chi connectivity index (χ3v) is 4.99. The highest BCUT2D eigenvalue weighted by atomic mass is 16.5. The van der Waals surface area contributed by atoms with Crippen molar-refractivity contribution in [3.05, 3.63) is 35.4 Å². The number of aryl methyl sites for hydroxylation is 1. The highest BCUT2D eigenvalue weighted by Gasteiger charge is 2.55. The molecular weight excluding hydrogens is 236 g/mol. The fourth-order valence-electron chi connectivity index (χ4n) is 3.35. The molecule has 2 heteroatoms. The summed E-state index contributed by atoms with van der Waals surface area (Å²) in [5, 5.41) is 0. The van der Waals surface area contributed by atoms with Gasteiger partial charge in [0.05, 0.1) is 12.0 Å². The summed E-state index contributed by atoms with van der Waals surface area (Å²) in [4.78, 5) is 12.4. The second-order valence-corrected chi connectivity index (χ2v) is 6.10. The number of ether oxygens (including phenoxy) is 1. The molecule has 1 aliphatic rings. The van der Waals surface area contributed by atoms with E-state index in [1.807, 2.05) is 6.92 Å². The molecule has 104 valence electrons. The van der Waals surface area contributed by atoms with Crippen molar-refractivity contribution < 1.29 is 9.53 Å². The van der Waals surface area contributed by atoms with Gasteiger partial charge in [-0.3, -0.25) is 4.79 Å². The summed E-state index contributed by atoms with van der Waals surface area (Å²) >= 11 is 0. The van der Waals surface area contributed by atoms with Crippen molar-refractivity contribution in [2.75, 3.05) is 6.61 Å². The van der Waals surface area contributed by atoms with Crippen molar-refractivity contribution in [1.29, 1.82) is 0 Å². The lowest BCUT2D eigenvalue weighted by Crippen LogP contribution is -2.44. The molecule has 0 aromatic heterocycles. The Bertz CT molecular complexity index is 463. The van der Waals surface area contributed by atoms with Crippen LogP contribution in [-0.4, -0.2) is 12.6 Å². The number of hydrogen-bond acceptors (Lipinski definition) is 2. The van der Waals surface area contributed by atoms with Crippen molar-refractivity contribution in [2.24, 2.45) is 5.41 Å². The van der Waals surface area contributed by atoms with E-state index in [1.54, 1.807) is 0 Å². The molecule has 0 heterocycles. The Morgan fingerprint density at radius 1 is 1.21 bits per heavy atom. The fraction of sp³-hybridized carbons (Fsp3) is 0.588. The maximum atomic E-state index is 12.4. The highest BCUT2D eigenvalue weighted by molar-refractivity contribution is 5.79. The number of carbonyl (C=O) groups is 1. The van der Waals surface area contributed by atoms with E-state index in [4.69, 9.17) is 4.74 Å². The monoisotopic (exact) mass is 260 g/mol. The molecule has 1 fully saturated rings. The van der Waals surface area contributed by atoms with E-state index in [-0.39, 0.29) is 11.4 Å². The zero-order valence-electron chi connectivity index (χ0n) is 12.5. The molecule has 2 rings (SSSR count). The van der Waals surface area contributed by atoms with E-state index >= 15 is 0 Å². The molecular formula is C17H24O2. The van der Waals surface area contributed by atoms with Crippen molar-refractivity contribution in [3.8, 4) is 0 Å². The summed E-state index contributed by atoms with van der Waals surface area (Å²) in [6.07, 6.45) is 3.04. The highest BCUT2D eigenvalue weighted by Crippen LogP contribution is 2.54. The van der Waals surface area contributed by atoms with Gasteiger partial charge in [-0.2, -0.15) is 0 Å². The Labute approximate surface area is 116 Å². The van der Waals surface area contributed by atoms with E-state index in [1.165, 1.54) is 11.1 Å². The maximum Gasteiger partial charge on any atom is 0.312 e. The zero-order chi connectivity index (χ0) is 14.1. The Morgan fingerprint density at radius 3 is 2.42 bits per heavy atom. The molecule has 0 radical (unpaired) electrons. The molecule has 1 aromatic carbocycles. The van der Waals surface area contributed by atoms with Crippen LogP contribution in [0.5, 0.6) is 0 Å². The number of carbonyl (C=O) groups excluding carboxylic acids is 1. The van der Waals surface area contributed by atoms with Gasteiger partial charge in [-0.25, -0.2) is 0 Å². The normalized spacial score (nSPS) is 30.3. The van der Waals surface area contributed by atoms with Gasteiger partial charge in [-0.1, -0.05) is 43.2 Å². The van der Waals surface area contributed by atoms with Crippen LogP contribution in [0.25, 0.3) is 0 Å². The van der Waals surface area contributed by atoms with E-state index in [0.29, 0.717) is 6.61 Å². The van der Waals surface area contributed by atoms with Gasteiger partial charge in [0.2, 0.25) is 0 Å². The Balaban J connectivity index is 2.40. The molecule has 2 atom stereocenters. The first kappa shape index (κ1) is 14.1. The Kier molecular flexibility index (Phi) is 3.71. The van der Waals surface area contributed by atoms with Crippen molar-refractivity contribution in [2.45, 2.75) is 52.4 Å². The first-order valence-electron chi connectivity index (χ1n) is 7.18. The molecule has 0 aliphatic heterocycles. The predicted octanol–water partition coefficient (Wildman–Crippen LogP) is 4.01. The quantitative estimate of drug-likeness (QED) is 0.768. The lowest BCUT2D eigenvalue weighted by atomic mass is 9.64. The Morgan fingerprint density at radius 2 is 1.84 bits per heavy atom. The van der Waals surface area contributed by atoms with Crippen molar-refractivity contribution in [1.82, 2.24) is 0 Å². The summed E-state index contributed by atoms with van der Waals surface area (Å²) < 4.78 is 5.33. The molecule has 19 heavy (non-hydrogen) atoms. The van der Waals surface area contributed by atoms with E-state index in [9.17, 15) is 4.79 Å². The van der Waals surface area contributed by atoms with Crippen molar-refractivity contribution >= 4 is 5.97 Å². The first-order chi connectivity index (χ1) is 8.94. The molecule has 0 spiro atoms. The third kappa shape index (κ3) is 2.18. The van der Waals surface area contributed by atoms with Crippen molar-refractivity contribution in [3.63, 3.8) is 0 Å². The van der Waals surface area contributed by atoms with Gasteiger partial charge in [-0.05, 0) is 39.2 Å². The zero-order valence-corrected chi connectivity index (χ0v) is 12.5. The molecule has 1 saturated carbocycles. The number of benzene rings is 1. The van der Waals surface area contributed by atoms with Crippen LogP contribution in [0.1, 0.15) is 51.2 Å². The summed E-state index contributed by atoms with van der Waals surface area (Å²) in [6.45, 7) is 8.70. The van der Waals surface area contributed by atoms with Crippen LogP contribution >= 0.6 is 0 Å². The average molecular weight is 260 g/mol. The first-order valence-corrected chi connectivity index (χ1v) is 7.18. The smallest absolute Gasteiger partial charge is 0.312 e. The Hall–Kier alpha value is -1.31. The van der Waals surface area contributed by atoms with Crippen LogP contribution < -0.4 is 0 Å². The standard InChI is InChI=1S/C17H24O2/c1-5-19-15(18)17(4)12-6-11-16(17,3)14-9-7-13(2)8-10-14/h7-10H,5-6,11-12H2,1-4H3/t16-,17+/m1/s1. The summed E-state index contributed by atoms with van der Waals surface area (Å²) in [5.41, 5.74) is 1.99. The topological polar surface area (TPSA) is 26.3 Å². The van der Waals surface area contributed by atoms with Crippen LogP contribution in [0.15, 0.2) is 24.3 Å². The van der Waals surface area contributed by atoms with Gasteiger partial charge >= 0.3 is 5.97 Å². The molecule has 0 unspecified atom stereocenters. The number of rotatable bonds is 3. The van der Waals surface area contributed by atoms with Gasteiger partial charge in [0.1, 0.15) is 0 Å². The molecule has 0 amide bonds. The molecule has 0 bridgehead atoms. The minimum atomic E-state index is -0.404. The second-order valence-electron chi connectivity index (χ2n) is 6.10. The molecule has 1 aliphatic carbocycles. The summed E-state index contributed by atoms with van der Waals surface area (Å²) in [5.74, 6) is -0.0458. The van der Waals surface area contributed by atoms with Crippen LogP contribution in [0, 0.1) is 12.3 Å². The fourth-order valence-corrected chi connectivity index (χ4v) is 3.35. The van der Waals surface area contributed by atoms with Gasteiger partial charge in [-0.15, -0.1) is 0 Å². The van der Waals surface area contributed by atoms with E-state index in [0.717, 1.165) is 19.3 Å². The van der Waals surface area contributed by atoms with E-state index in [2.05, 4.69) is 45.0 Å². The van der Waals surface area contributed by atoms with E-state index < -0.39 is 5.41 Å². The number of esters is 1. The van der Waals surface area contributed by atoms with Crippen LogP contribution in [0.2, 0.25) is 0 Å². The van der Waals surface area contributed by atoms with Gasteiger partial charge in [0.25, 0.3) is 0 Å². The average Bonchev–Trinajstić information content (AvgIpc) is 2.69. The van der Waals surface area contributed by atoms with Crippen LogP contribution in [0.3, 0.4) is 0 Å². The summed E-state index contributed by atoms with van der Waals surface area (Å²) in [6, 6.07) is 8.59. The predicted molar refractivity (Wildman–Crippen MR) is 77.1 cm³/mol. The molecule has 0 saturated heterocycles. The molecule has 0 N–H and O–H groups in total. The lowest BCUT2D eigenvalue weighted by molar-refractivity contribution is -0.157. The second kappa shape index (κ2) is 4.99.